The highest BCUT2D eigenvalue weighted by molar-refractivity contribution is 5.13. The van der Waals surface area contributed by atoms with E-state index >= 15 is 0 Å². The van der Waals surface area contributed by atoms with Crippen molar-refractivity contribution in [2.75, 3.05) is 6.54 Å². The molecule has 1 fully saturated rings. The molecule has 2 nitrogen and oxygen atoms in total. The second-order valence-corrected chi connectivity index (χ2v) is 5.14. The van der Waals surface area contributed by atoms with E-state index in [1.54, 1.807) is 0 Å². The Bertz CT molecular complexity index is 325. The maximum atomic E-state index is 6.15. The predicted molar refractivity (Wildman–Crippen MR) is 75.6 cm³/mol. The van der Waals surface area contributed by atoms with Crippen LogP contribution in [0.1, 0.15) is 44.6 Å². The van der Waals surface area contributed by atoms with Crippen LogP contribution >= 0.6 is 0 Å². The Balaban J connectivity index is 1.88. The summed E-state index contributed by atoms with van der Waals surface area (Å²) in [4.78, 5) is 0. The molecule has 0 aliphatic heterocycles. The highest BCUT2D eigenvalue weighted by atomic mass is 16.5. The molecule has 0 aromatic heterocycles. The number of hydrogen-bond donors (Lipinski definition) is 1. The molecule has 0 amide bonds. The minimum absolute atomic E-state index is 0.382. The summed E-state index contributed by atoms with van der Waals surface area (Å²) in [6, 6.07) is 11.0. The number of hydrogen-bond acceptors (Lipinski definition) is 2. The Kier molecular flexibility index (Phi) is 5.69. The summed E-state index contributed by atoms with van der Waals surface area (Å²) in [6.45, 7) is 3.96. The highest BCUT2D eigenvalue weighted by Crippen LogP contribution is 2.21. The standard InChI is InChI=1S/C16H25NO/c1-2-17-15-11-7-4-8-12-16(15)18-13-14-9-5-3-6-10-14/h3,5-6,9-10,15-17H,2,4,7-8,11-13H2,1H3. The van der Waals surface area contributed by atoms with Crippen molar-refractivity contribution in [3.8, 4) is 0 Å². The molecule has 2 heteroatoms. The van der Waals surface area contributed by atoms with Crippen LogP contribution in [0.2, 0.25) is 0 Å². The number of ether oxygens (including phenoxy) is 1. The van der Waals surface area contributed by atoms with Crippen LogP contribution in [0.3, 0.4) is 0 Å². The quantitative estimate of drug-likeness (QED) is 0.804. The molecule has 2 atom stereocenters. The summed E-state index contributed by atoms with van der Waals surface area (Å²) in [7, 11) is 0. The first-order chi connectivity index (χ1) is 8.90. The van der Waals surface area contributed by atoms with E-state index in [4.69, 9.17) is 4.74 Å². The average Bonchev–Trinajstić information content (AvgIpc) is 2.64. The van der Waals surface area contributed by atoms with Gasteiger partial charge >= 0.3 is 0 Å². The third-order valence-electron chi connectivity index (χ3n) is 3.73. The van der Waals surface area contributed by atoms with E-state index in [0.29, 0.717) is 12.1 Å². The summed E-state index contributed by atoms with van der Waals surface area (Å²) in [6.07, 6.45) is 6.84. The normalized spacial score (nSPS) is 24.7. The molecule has 1 aliphatic rings. The Morgan fingerprint density at radius 3 is 2.67 bits per heavy atom. The third kappa shape index (κ3) is 4.11. The SMILES string of the molecule is CCNC1CCCCCC1OCc1ccccc1. The second-order valence-electron chi connectivity index (χ2n) is 5.14. The lowest BCUT2D eigenvalue weighted by Gasteiger charge is -2.26. The highest BCUT2D eigenvalue weighted by Gasteiger charge is 2.23. The van der Waals surface area contributed by atoms with E-state index in [2.05, 4.69) is 42.6 Å². The first-order valence-electron chi connectivity index (χ1n) is 7.29. The maximum absolute atomic E-state index is 6.15. The Labute approximate surface area is 111 Å². The molecule has 2 unspecified atom stereocenters. The first kappa shape index (κ1) is 13.6. The van der Waals surface area contributed by atoms with Gasteiger partial charge in [-0.3, -0.25) is 0 Å². The van der Waals surface area contributed by atoms with Gasteiger partial charge in [0.05, 0.1) is 12.7 Å². The largest absolute Gasteiger partial charge is 0.372 e. The van der Waals surface area contributed by atoms with Crippen molar-refractivity contribution in [2.45, 2.75) is 57.8 Å². The molecule has 18 heavy (non-hydrogen) atoms. The molecule has 0 radical (unpaired) electrons. The molecule has 0 saturated heterocycles. The minimum Gasteiger partial charge on any atom is -0.372 e. The monoisotopic (exact) mass is 247 g/mol. The fourth-order valence-corrected chi connectivity index (χ4v) is 2.75. The zero-order chi connectivity index (χ0) is 12.6. The van der Waals surface area contributed by atoms with Gasteiger partial charge in [-0.1, -0.05) is 56.5 Å². The Morgan fingerprint density at radius 1 is 1.11 bits per heavy atom. The average molecular weight is 247 g/mol. The lowest BCUT2D eigenvalue weighted by molar-refractivity contribution is 0.0110. The van der Waals surface area contributed by atoms with Crippen molar-refractivity contribution < 1.29 is 4.74 Å². The molecule has 2 rings (SSSR count). The smallest absolute Gasteiger partial charge is 0.0732 e. The Hall–Kier alpha value is -0.860. The zero-order valence-corrected chi connectivity index (χ0v) is 11.4. The van der Waals surface area contributed by atoms with Crippen LogP contribution in [-0.2, 0) is 11.3 Å². The van der Waals surface area contributed by atoms with Gasteiger partial charge in [0.1, 0.15) is 0 Å². The van der Waals surface area contributed by atoms with Crippen molar-refractivity contribution in [3.05, 3.63) is 35.9 Å². The van der Waals surface area contributed by atoms with Gasteiger partial charge in [-0.25, -0.2) is 0 Å². The summed E-state index contributed by atoms with van der Waals surface area (Å²) in [5, 5.41) is 3.59. The molecule has 1 aliphatic carbocycles. The second kappa shape index (κ2) is 7.55. The molecular weight excluding hydrogens is 222 g/mol. The fraction of sp³-hybridized carbons (Fsp3) is 0.625. The lowest BCUT2D eigenvalue weighted by Crippen LogP contribution is -2.40. The summed E-state index contributed by atoms with van der Waals surface area (Å²) in [5.74, 6) is 0. The molecule has 0 bridgehead atoms. The maximum Gasteiger partial charge on any atom is 0.0732 e. The number of rotatable bonds is 5. The van der Waals surface area contributed by atoms with Gasteiger partial charge in [-0.15, -0.1) is 0 Å². The van der Waals surface area contributed by atoms with Gasteiger partial charge in [-0.2, -0.15) is 0 Å². The minimum atomic E-state index is 0.382. The molecule has 1 saturated carbocycles. The van der Waals surface area contributed by atoms with Crippen LogP contribution < -0.4 is 5.32 Å². The summed E-state index contributed by atoms with van der Waals surface area (Å²) in [5.41, 5.74) is 1.27. The van der Waals surface area contributed by atoms with Crippen molar-refractivity contribution in [1.29, 1.82) is 0 Å². The first-order valence-corrected chi connectivity index (χ1v) is 7.29. The van der Waals surface area contributed by atoms with Crippen LogP contribution in [0.5, 0.6) is 0 Å². The number of benzene rings is 1. The van der Waals surface area contributed by atoms with E-state index in [9.17, 15) is 0 Å². The molecule has 100 valence electrons. The summed E-state index contributed by atoms with van der Waals surface area (Å²) < 4.78 is 6.15. The lowest BCUT2D eigenvalue weighted by atomic mass is 10.1. The van der Waals surface area contributed by atoms with E-state index in [1.165, 1.54) is 37.7 Å². The molecule has 1 aromatic carbocycles. The predicted octanol–water partition coefficient (Wildman–Crippen LogP) is 3.51. The van der Waals surface area contributed by atoms with E-state index in [-0.39, 0.29) is 0 Å². The Morgan fingerprint density at radius 2 is 1.89 bits per heavy atom. The zero-order valence-electron chi connectivity index (χ0n) is 11.4. The van der Waals surface area contributed by atoms with Crippen LogP contribution in [0.25, 0.3) is 0 Å². The number of nitrogens with one attached hydrogen (secondary N) is 1. The van der Waals surface area contributed by atoms with Gasteiger partial charge < -0.3 is 10.1 Å². The third-order valence-corrected chi connectivity index (χ3v) is 3.73. The van der Waals surface area contributed by atoms with Crippen LogP contribution in [0.15, 0.2) is 30.3 Å². The fourth-order valence-electron chi connectivity index (χ4n) is 2.75. The van der Waals surface area contributed by atoms with Crippen molar-refractivity contribution in [2.24, 2.45) is 0 Å². The van der Waals surface area contributed by atoms with Gasteiger partial charge in [0.2, 0.25) is 0 Å². The summed E-state index contributed by atoms with van der Waals surface area (Å²) >= 11 is 0. The van der Waals surface area contributed by atoms with E-state index in [0.717, 1.165) is 13.2 Å². The molecule has 1 N–H and O–H groups in total. The molecule has 0 spiro atoms. The van der Waals surface area contributed by atoms with E-state index in [1.807, 2.05) is 0 Å². The van der Waals surface area contributed by atoms with Crippen LogP contribution in [-0.4, -0.2) is 18.7 Å². The van der Waals surface area contributed by atoms with Gasteiger partial charge in [-0.05, 0) is 24.9 Å². The van der Waals surface area contributed by atoms with E-state index < -0.39 is 0 Å². The van der Waals surface area contributed by atoms with Gasteiger partial charge in [0.25, 0.3) is 0 Å². The van der Waals surface area contributed by atoms with Gasteiger partial charge in [0, 0.05) is 6.04 Å². The van der Waals surface area contributed by atoms with Crippen molar-refractivity contribution in [1.82, 2.24) is 5.32 Å². The number of likely N-dealkylation sites (N-methyl/N-ethyl adjacent to an activating group) is 1. The van der Waals surface area contributed by atoms with Crippen molar-refractivity contribution in [3.63, 3.8) is 0 Å². The van der Waals surface area contributed by atoms with Crippen LogP contribution in [0, 0.1) is 0 Å². The van der Waals surface area contributed by atoms with Gasteiger partial charge in [0.15, 0.2) is 0 Å². The van der Waals surface area contributed by atoms with Crippen molar-refractivity contribution >= 4 is 0 Å². The molecule has 0 heterocycles. The van der Waals surface area contributed by atoms with Crippen LogP contribution in [0.4, 0.5) is 0 Å². The topological polar surface area (TPSA) is 21.3 Å². The molecular formula is C16H25NO. The molecule has 1 aromatic rings.